The minimum absolute atomic E-state index is 0.0515. The van der Waals surface area contributed by atoms with Crippen molar-refractivity contribution in [2.24, 2.45) is 5.92 Å². The molecule has 2 heterocycles. The molecule has 1 saturated heterocycles. The van der Waals surface area contributed by atoms with Gasteiger partial charge in [0.15, 0.2) is 0 Å². The van der Waals surface area contributed by atoms with Crippen molar-refractivity contribution in [1.29, 1.82) is 0 Å². The lowest BCUT2D eigenvalue weighted by molar-refractivity contribution is 0.0947. The number of aromatic nitrogens is 1. The summed E-state index contributed by atoms with van der Waals surface area (Å²) in [6.07, 6.45) is 3.58. The summed E-state index contributed by atoms with van der Waals surface area (Å²) in [7, 11) is 0. The highest BCUT2D eigenvalue weighted by Gasteiger charge is 2.23. The molecule has 5 nitrogen and oxygen atoms in total. The zero-order valence-electron chi connectivity index (χ0n) is 12.6. The fourth-order valence-corrected chi connectivity index (χ4v) is 2.71. The van der Waals surface area contributed by atoms with Crippen molar-refractivity contribution in [3.63, 3.8) is 0 Å². The van der Waals surface area contributed by atoms with E-state index < -0.39 is 0 Å². The Morgan fingerprint density at radius 3 is 3.05 bits per heavy atom. The van der Waals surface area contributed by atoms with Crippen molar-refractivity contribution < 1.29 is 4.79 Å². The molecule has 2 aliphatic rings. The maximum absolute atomic E-state index is 12.2. The maximum Gasteiger partial charge on any atom is 0.269 e. The van der Waals surface area contributed by atoms with Crippen LogP contribution < -0.4 is 15.5 Å². The second-order valence-electron chi connectivity index (χ2n) is 6.12. The van der Waals surface area contributed by atoms with Gasteiger partial charge in [-0.3, -0.25) is 4.79 Å². The molecule has 1 unspecified atom stereocenters. The van der Waals surface area contributed by atoms with Gasteiger partial charge < -0.3 is 15.5 Å². The van der Waals surface area contributed by atoms with Crippen LogP contribution in [0.15, 0.2) is 18.2 Å². The second-order valence-corrected chi connectivity index (χ2v) is 6.12. The molecule has 114 valence electrons. The smallest absolute Gasteiger partial charge is 0.269 e. The molecule has 0 radical (unpaired) electrons. The van der Waals surface area contributed by atoms with Crippen molar-refractivity contribution in [3.05, 3.63) is 23.9 Å². The van der Waals surface area contributed by atoms with Crippen LogP contribution in [0, 0.1) is 5.92 Å². The third-order valence-corrected chi connectivity index (χ3v) is 4.31. The molecule has 5 heteroatoms. The zero-order chi connectivity index (χ0) is 14.7. The van der Waals surface area contributed by atoms with Gasteiger partial charge in [-0.2, -0.15) is 0 Å². The van der Waals surface area contributed by atoms with E-state index in [0.29, 0.717) is 17.7 Å². The molecule has 1 aromatic rings. The monoisotopic (exact) mass is 288 g/mol. The summed E-state index contributed by atoms with van der Waals surface area (Å²) in [4.78, 5) is 19.0. The molecule has 1 amide bonds. The van der Waals surface area contributed by atoms with Gasteiger partial charge in [0.25, 0.3) is 5.91 Å². The Morgan fingerprint density at radius 1 is 1.38 bits per heavy atom. The summed E-state index contributed by atoms with van der Waals surface area (Å²) < 4.78 is 0. The highest BCUT2D eigenvalue weighted by Crippen LogP contribution is 2.27. The van der Waals surface area contributed by atoms with Gasteiger partial charge in [0.2, 0.25) is 0 Å². The largest absolute Gasteiger partial charge is 0.353 e. The molecule has 1 aliphatic carbocycles. The standard InChI is InChI=1S/C16H24N4O/c1-12-7-8-17-9-10-20(12)15-4-2-3-14(19-15)16(21)18-11-13-5-6-13/h2-4,12-13,17H,5-11H2,1H3,(H,18,21). The minimum atomic E-state index is -0.0515. The van der Waals surface area contributed by atoms with Crippen LogP contribution in [0.3, 0.4) is 0 Å². The van der Waals surface area contributed by atoms with Crippen LogP contribution in [-0.4, -0.2) is 43.1 Å². The average Bonchev–Trinajstić information content (AvgIpc) is 3.33. The van der Waals surface area contributed by atoms with Gasteiger partial charge in [-0.25, -0.2) is 4.98 Å². The molecule has 1 aromatic heterocycles. The number of carbonyl (C=O) groups excluding carboxylic acids is 1. The average molecular weight is 288 g/mol. The molecule has 21 heavy (non-hydrogen) atoms. The van der Waals surface area contributed by atoms with Gasteiger partial charge in [0.1, 0.15) is 11.5 Å². The first kappa shape index (κ1) is 14.3. The summed E-state index contributed by atoms with van der Waals surface area (Å²) in [6.45, 7) is 5.94. The van der Waals surface area contributed by atoms with E-state index in [0.717, 1.165) is 38.4 Å². The molecule has 0 spiro atoms. The lowest BCUT2D eigenvalue weighted by atomic mass is 10.2. The van der Waals surface area contributed by atoms with Crippen molar-refractivity contribution in [1.82, 2.24) is 15.6 Å². The Morgan fingerprint density at radius 2 is 2.24 bits per heavy atom. The van der Waals surface area contributed by atoms with Crippen LogP contribution >= 0.6 is 0 Å². The number of hydrogen-bond acceptors (Lipinski definition) is 4. The summed E-state index contributed by atoms with van der Waals surface area (Å²) in [5.74, 6) is 1.54. The van der Waals surface area contributed by atoms with Crippen molar-refractivity contribution in [2.75, 3.05) is 31.1 Å². The second kappa shape index (κ2) is 6.43. The first-order valence-corrected chi connectivity index (χ1v) is 7.96. The Hall–Kier alpha value is -1.62. The summed E-state index contributed by atoms with van der Waals surface area (Å²) in [5, 5.41) is 6.39. The number of rotatable bonds is 4. The Bertz CT molecular complexity index is 501. The fourth-order valence-electron chi connectivity index (χ4n) is 2.71. The Labute approximate surface area is 126 Å². The van der Waals surface area contributed by atoms with Crippen molar-refractivity contribution in [3.8, 4) is 0 Å². The van der Waals surface area contributed by atoms with Crippen LogP contribution in [0.4, 0.5) is 5.82 Å². The molecule has 1 saturated carbocycles. The molecular weight excluding hydrogens is 264 g/mol. The molecule has 1 aliphatic heterocycles. The normalized spacial score (nSPS) is 22.7. The summed E-state index contributed by atoms with van der Waals surface area (Å²) in [6, 6.07) is 6.17. The topological polar surface area (TPSA) is 57.3 Å². The van der Waals surface area contributed by atoms with Crippen LogP contribution in [0.5, 0.6) is 0 Å². The van der Waals surface area contributed by atoms with E-state index >= 15 is 0 Å². The molecule has 1 atom stereocenters. The number of hydrogen-bond donors (Lipinski definition) is 2. The van der Waals surface area contributed by atoms with E-state index in [9.17, 15) is 4.79 Å². The number of amides is 1. The molecule has 0 bridgehead atoms. The first-order valence-electron chi connectivity index (χ1n) is 7.96. The highest BCUT2D eigenvalue weighted by atomic mass is 16.1. The van der Waals surface area contributed by atoms with E-state index in [1.807, 2.05) is 12.1 Å². The van der Waals surface area contributed by atoms with E-state index in [4.69, 9.17) is 0 Å². The molecular formula is C16H24N4O. The maximum atomic E-state index is 12.2. The first-order chi connectivity index (χ1) is 10.2. The molecule has 2 fully saturated rings. The van der Waals surface area contributed by atoms with E-state index in [1.54, 1.807) is 6.07 Å². The van der Waals surface area contributed by atoms with Gasteiger partial charge in [-0.1, -0.05) is 6.07 Å². The predicted molar refractivity (Wildman–Crippen MR) is 83.6 cm³/mol. The highest BCUT2D eigenvalue weighted by molar-refractivity contribution is 5.92. The van der Waals surface area contributed by atoms with Gasteiger partial charge in [0.05, 0.1) is 0 Å². The Kier molecular flexibility index (Phi) is 4.39. The number of pyridine rings is 1. The SMILES string of the molecule is CC1CCNCCN1c1cccc(C(=O)NCC2CC2)n1. The number of anilines is 1. The van der Waals surface area contributed by atoms with Gasteiger partial charge in [-0.15, -0.1) is 0 Å². The van der Waals surface area contributed by atoms with E-state index in [-0.39, 0.29) is 5.91 Å². The molecule has 2 N–H and O–H groups in total. The summed E-state index contributed by atoms with van der Waals surface area (Å²) in [5.41, 5.74) is 0.526. The third kappa shape index (κ3) is 3.73. The van der Waals surface area contributed by atoms with Crippen LogP contribution in [0.25, 0.3) is 0 Å². The van der Waals surface area contributed by atoms with Crippen molar-refractivity contribution >= 4 is 11.7 Å². The third-order valence-electron chi connectivity index (χ3n) is 4.31. The summed E-state index contributed by atoms with van der Waals surface area (Å²) >= 11 is 0. The number of nitrogens with one attached hydrogen (secondary N) is 2. The van der Waals surface area contributed by atoms with E-state index in [1.165, 1.54) is 12.8 Å². The quantitative estimate of drug-likeness (QED) is 0.879. The number of carbonyl (C=O) groups is 1. The fraction of sp³-hybridized carbons (Fsp3) is 0.625. The van der Waals surface area contributed by atoms with Crippen LogP contribution in [-0.2, 0) is 0 Å². The van der Waals surface area contributed by atoms with Crippen molar-refractivity contribution in [2.45, 2.75) is 32.2 Å². The molecule has 0 aromatic carbocycles. The van der Waals surface area contributed by atoms with Crippen LogP contribution in [0.1, 0.15) is 36.7 Å². The van der Waals surface area contributed by atoms with E-state index in [2.05, 4.69) is 27.4 Å². The lowest BCUT2D eigenvalue weighted by Gasteiger charge is -2.28. The lowest BCUT2D eigenvalue weighted by Crippen LogP contribution is -2.35. The van der Waals surface area contributed by atoms with Crippen LogP contribution in [0.2, 0.25) is 0 Å². The minimum Gasteiger partial charge on any atom is -0.353 e. The van der Waals surface area contributed by atoms with Gasteiger partial charge in [0, 0.05) is 25.7 Å². The van der Waals surface area contributed by atoms with Gasteiger partial charge in [-0.05, 0) is 50.8 Å². The predicted octanol–water partition coefficient (Wildman–Crippen LogP) is 1.41. The number of nitrogens with zero attached hydrogens (tertiary/aromatic N) is 2. The zero-order valence-corrected chi connectivity index (χ0v) is 12.6. The Balaban J connectivity index is 1.70. The van der Waals surface area contributed by atoms with Gasteiger partial charge >= 0.3 is 0 Å². The molecule has 3 rings (SSSR count).